The van der Waals surface area contributed by atoms with Crippen molar-refractivity contribution in [3.8, 4) is 0 Å². The van der Waals surface area contributed by atoms with Gasteiger partial charge in [0.15, 0.2) is 0 Å². The highest BCUT2D eigenvalue weighted by molar-refractivity contribution is 8.29. The molecule has 0 aromatic carbocycles. The molecule has 0 saturated carbocycles. The van der Waals surface area contributed by atoms with Crippen molar-refractivity contribution in [1.82, 2.24) is 0 Å². The summed E-state index contributed by atoms with van der Waals surface area (Å²) in [7, 11) is -3.27. The minimum atomic E-state index is -2.05. The molecule has 0 heterocycles. The summed E-state index contributed by atoms with van der Waals surface area (Å²) in [6, 6.07) is 5.15. The Labute approximate surface area is 146 Å². The van der Waals surface area contributed by atoms with Gasteiger partial charge >= 0.3 is 8.56 Å². The molecule has 0 aliphatic carbocycles. The van der Waals surface area contributed by atoms with E-state index in [9.17, 15) is 0 Å². The van der Waals surface area contributed by atoms with Gasteiger partial charge in [-0.1, -0.05) is 66.6 Å². The molecule has 0 fully saturated rings. The van der Waals surface area contributed by atoms with Gasteiger partial charge < -0.3 is 8.85 Å². The second-order valence-electron chi connectivity index (χ2n) is 6.90. The van der Waals surface area contributed by atoms with Crippen molar-refractivity contribution in [1.29, 1.82) is 0 Å². The normalized spacial score (nSPS) is 16.8. The van der Waals surface area contributed by atoms with E-state index in [1.807, 2.05) is 0 Å². The summed E-state index contributed by atoms with van der Waals surface area (Å²) in [6.07, 6.45) is 2.17. The molecular weight excluding hydrogens is 324 g/mol. The first-order chi connectivity index (χ1) is 10.3. The highest BCUT2D eigenvalue weighted by atomic mass is 32.4. The van der Waals surface area contributed by atoms with Gasteiger partial charge in [0.2, 0.25) is 0 Å². The van der Waals surface area contributed by atoms with E-state index in [0.29, 0.717) is 11.4 Å². The summed E-state index contributed by atoms with van der Waals surface area (Å²) in [6.45, 7) is 19.2. The fourth-order valence-corrected chi connectivity index (χ4v) is 13.7. The summed E-state index contributed by atoms with van der Waals surface area (Å²) in [5, 5.41) is 0. The fraction of sp³-hybridized carbons (Fsp3) is 1.00. The third kappa shape index (κ3) is 8.00. The second kappa shape index (κ2) is 11.3. The van der Waals surface area contributed by atoms with E-state index in [4.69, 9.17) is 8.85 Å². The lowest BCUT2D eigenvalue weighted by atomic mass is 10.3. The van der Waals surface area contributed by atoms with Crippen molar-refractivity contribution >= 4 is 27.0 Å². The van der Waals surface area contributed by atoms with Crippen LogP contribution in [0.1, 0.15) is 61.3 Å². The molecule has 0 aliphatic heterocycles. The van der Waals surface area contributed by atoms with Crippen LogP contribution < -0.4 is 0 Å². The van der Waals surface area contributed by atoms with Gasteiger partial charge in [0.1, 0.15) is 7.22 Å². The van der Waals surface area contributed by atoms with Gasteiger partial charge in [-0.05, 0) is 31.4 Å². The van der Waals surface area contributed by atoms with E-state index in [1.165, 1.54) is 18.1 Å². The number of rotatable bonds is 13. The van der Waals surface area contributed by atoms with Gasteiger partial charge in [0.05, 0.1) is 5.44 Å². The molecule has 22 heavy (non-hydrogen) atoms. The predicted molar refractivity (Wildman–Crippen MR) is 107 cm³/mol. The van der Waals surface area contributed by atoms with Crippen molar-refractivity contribution in [3.63, 3.8) is 0 Å². The van der Waals surface area contributed by atoms with E-state index in [2.05, 4.69) is 66.2 Å². The molecule has 0 aliphatic rings. The van der Waals surface area contributed by atoms with Crippen LogP contribution in [0, 0.1) is 5.92 Å². The monoisotopic (exact) mass is 364 g/mol. The predicted octanol–water partition coefficient (Wildman–Crippen LogP) is 6.63. The van der Waals surface area contributed by atoms with Crippen LogP contribution in [0.3, 0.4) is 0 Å². The van der Waals surface area contributed by atoms with Gasteiger partial charge in [0, 0.05) is 6.61 Å². The Kier molecular flexibility index (Phi) is 11.7. The summed E-state index contributed by atoms with van der Waals surface area (Å²) in [4.78, 5) is 0. The van der Waals surface area contributed by atoms with Crippen molar-refractivity contribution in [2.24, 2.45) is 5.92 Å². The molecule has 0 aromatic rings. The van der Waals surface area contributed by atoms with Crippen molar-refractivity contribution < 1.29 is 8.85 Å². The minimum absolute atomic E-state index is 0.332. The van der Waals surface area contributed by atoms with Gasteiger partial charge in [-0.15, -0.1) is 0 Å². The lowest BCUT2D eigenvalue weighted by Crippen LogP contribution is -2.44. The summed E-state index contributed by atoms with van der Waals surface area (Å²) in [5.41, 5.74) is 0.332. The molecule has 2 unspecified atom stereocenters. The maximum atomic E-state index is 6.68. The first-order valence-electron chi connectivity index (χ1n) is 9.29. The zero-order valence-corrected chi connectivity index (χ0v) is 19.1. The Morgan fingerprint density at radius 2 is 1.50 bits per heavy atom. The van der Waals surface area contributed by atoms with E-state index in [1.54, 1.807) is 0 Å². The Bertz CT molecular complexity index is 278. The highest BCUT2D eigenvalue weighted by Crippen LogP contribution is 2.39. The maximum Gasteiger partial charge on any atom is 0.336 e. The molecule has 0 N–H and O–H groups in total. The van der Waals surface area contributed by atoms with Crippen LogP contribution in [0.2, 0.25) is 30.7 Å². The van der Waals surface area contributed by atoms with Gasteiger partial charge in [0.25, 0.3) is 0 Å². The molecule has 0 radical (unpaired) electrons. The molecule has 0 spiro atoms. The molecule has 0 amide bonds. The third-order valence-corrected chi connectivity index (χ3v) is 17.7. The van der Waals surface area contributed by atoms with Crippen LogP contribution >= 0.6 is 11.2 Å². The first kappa shape index (κ1) is 22.7. The molecule has 0 aromatic heterocycles. The van der Waals surface area contributed by atoms with Crippen LogP contribution in [0.4, 0.5) is 0 Å². The van der Waals surface area contributed by atoms with Crippen molar-refractivity contribution in [2.45, 2.75) is 97.5 Å². The highest BCUT2D eigenvalue weighted by Gasteiger charge is 2.38. The second-order valence-corrected chi connectivity index (χ2v) is 18.7. The molecular formula is C17H40O2SSi2. The Morgan fingerprint density at radius 1 is 0.955 bits per heavy atom. The van der Waals surface area contributed by atoms with Crippen molar-refractivity contribution in [3.05, 3.63) is 0 Å². The Morgan fingerprint density at radius 3 is 1.86 bits per heavy atom. The van der Waals surface area contributed by atoms with Crippen LogP contribution in [-0.4, -0.2) is 27.8 Å². The van der Waals surface area contributed by atoms with E-state index in [0.717, 1.165) is 25.5 Å². The Balaban J connectivity index is 4.96. The molecule has 0 rings (SSSR count). The molecule has 5 heteroatoms. The maximum absolute atomic E-state index is 6.68. The van der Waals surface area contributed by atoms with E-state index >= 15 is 0 Å². The zero-order chi connectivity index (χ0) is 17.2. The Hall–Kier alpha value is 0.704. The van der Waals surface area contributed by atoms with Crippen LogP contribution in [0.5, 0.6) is 0 Å². The average Bonchev–Trinajstić information content (AvgIpc) is 2.49. The molecule has 0 saturated heterocycles. The number of hydrogen-bond acceptors (Lipinski definition) is 3. The number of hydrogen-bond donors (Lipinski definition) is 0. The average molecular weight is 365 g/mol. The van der Waals surface area contributed by atoms with Gasteiger partial charge in [-0.25, -0.2) is 0 Å². The quantitative estimate of drug-likeness (QED) is 0.270. The van der Waals surface area contributed by atoms with Gasteiger partial charge in [-0.3, -0.25) is 0 Å². The largest absolute Gasteiger partial charge is 0.394 e. The molecule has 0 bridgehead atoms. The molecule has 2 atom stereocenters. The summed E-state index contributed by atoms with van der Waals surface area (Å²) < 4.78 is 12.9. The first-order valence-corrected chi connectivity index (χ1v) is 16.0. The summed E-state index contributed by atoms with van der Waals surface area (Å²) >= 11 is 2.20. The van der Waals surface area contributed by atoms with Gasteiger partial charge in [-0.2, -0.15) is 11.2 Å². The lowest BCUT2D eigenvalue weighted by Gasteiger charge is -2.37. The third-order valence-electron chi connectivity index (χ3n) is 4.42. The van der Waals surface area contributed by atoms with Crippen LogP contribution in [0.15, 0.2) is 0 Å². The van der Waals surface area contributed by atoms with E-state index in [-0.39, 0.29) is 0 Å². The van der Waals surface area contributed by atoms with Crippen LogP contribution in [0.25, 0.3) is 0 Å². The minimum Gasteiger partial charge on any atom is -0.394 e. The topological polar surface area (TPSA) is 18.5 Å². The summed E-state index contributed by atoms with van der Waals surface area (Å²) in [5.74, 6) is 0.640. The molecule has 134 valence electrons. The zero-order valence-electron chi connectivity index (χ0n) is 16.3. The fourth-order valence-electron chi connectivity index (χ4n) is 2.95. The molecule has 2 nitrogen and oxygen atoms in total. The SMILES string of the molecule is CCCO[Si](C)(CC(C)C)OC(CC)S[Si](CC)(CC)CC. The van der Waals surface area contributed by atoms with Crippen LogP contribution in [-0.2, 0) is 8.85 Å². The van der Waals surface area contributed by atoms with E-state index < -0.39 is 15.8 Å². The van der Waals surface area contributed by atoms with Crippen molar-refractivity contribution in [2.75, 3.05) is 6.61 Å². The smallest absolute Gasteiger partial charge is 0.336 e. The lowest BCUT2D eigenvalue weighted by molar-refractivity contribution is 0.155. The standard InChI is InChI=1S/C17H40O2SSi2/c1-9-14-18-21(8,15-16(6)7)19-17(10-2)20-22(11-3,12-4)13-5/h16-17H,9-15H2,1-8H3.